The number of hydrogen-bond acceptors (Lipinski definition) is 0. The van der Waals surface area contributed by atoms with Crippen molar-refractivity contribution in [1.82, 2.24) is 0 Å². The molecule has 0 N–H and O–H groups in total. The third kappa shape index (κ3) is 6.88. The Kier molecular flexibility index (Phi) is 11.1. The van der Waals surface area contributed by atoms with E-state index in [-0.39, 0.29) is 51.0 Å². The molecule has 10 rings (SSSR count). The fraction of sp³-hybridized carbons (Fsp3) is 0.0800. The fourth-order valence-electron chi connectivity index (χ4n) is 8.05. The van der Waals surface area contributed by atoms with E-state index in [0.29, 0.717) is 0 Å². The third-order valence-electron chi connectivity index (χ3n) is 10.6. The van der Waals surface area contributed by atoms with Crippen molar-refractivity contribution < 1.29 is 51.0 Å². The molecule has 0 aliphatic carbocycles. The van der Waals surface area contributed by atoms with Crippen LogP contribution in [0, 0.1) is 27.7 Å². The second-order valence-electron chi connectivity index (χ2n) is 14.0. The van der Waals surface area contributed by atoms with Crippen LogP contribution in [0.15, 0.2) is 158 Å². The Morgan fingerprint density at radius 3 is 1.06 bits per heavy atom. The van der Waals surface area contributed by atoms with E-state index in [1.807, 2.05) is 0 Å². The number of hydrogen-bond donors (Lipinski definition) is 0. The van der Waals surface area contributed by atoms with E-state index in [0.717, 1.165) is 0 Å². The zero-order valence-corrected chi connectivity index (χ0v) is 34.2. The maximum Gasteiger partial charge on any atom is 4.00 e. The largest absolute Gasteiger partial charge is 4.00 e. The molecule has 0 saturated heterocycles. The van der Waals surface area contributed by atoms with E-state index in [2.05, 4.69) is 185 Å². The van der Waals surface area contributed by atoms with Crippen molar-refractivity contribution in [3.05, 3.63) is 180 Å². The maximum absolute atomic E-state index is 2.33. The summed E-state index contributed by atoms with van der Waals surface area (Å²) in [5, 5.41) is 15.9. The number of rotatable bonds is 2. The van der Waals surface area contributed by atoms with Crippen LogP contribution in [-0.4, -0.2) is 0 Å². The van der Waals surface area contributed by atoms with Crippen LogP contribution < -0.4 is 24.8 Å². The predicted octanol–water partition coefficient (Wildman–Crippen LogP) is 8.30. The molecule has 10 aromatic carbocycles. The van der Waals surface area contributed by atoms with Crippen molar-refractivity contribution in [3.63, 3.8) is 0 Å². The van der Waals surface area contributed by atoms with Gasteiger partial charge in [0, 0.05) is 0 Å². The average molecular weight is 801 g/mol. The number of halogens is 2. The van der Waals surface area contributed by atoms with Crippen LogP contribution in [-0.2, 0) is 26.2 Å². The minimum atomic E-state index is 0. The van der Waals surface area contributed by atoms with Crippen molar-refractivity contribution in [1.29, 1.82) is 0 Å². The molecule has 0 aliphatic heterocycles. The Labute approximate surface area is 343 Å². The van der Waals surface area contributed by atoms with Gasteiger partial charge in [0.2, 0.25) is 0 Å². The van der Waals surface area contributed by atoms with E-state index in [1.165, 1.54) is 109 Å². The van der Waals surface area contributed by atoms with Crippen LogP contribution in [0.4, 0.5) is 0 Å². The first-order valence-corrected chi connectivity index (χ1v) is 17.6. The van der Waals surface area contributed by atoms with Gasteiger partial charge in [-0.05, 0) is 78.5 Å². The van der Waals surface area contributed by atoms with Crippen molar-refractivity contribution >= 4 is 64.6 Å². The number of fused-ring (bicyclic) bond motifs is 6. The van der Waals surface area contributed by atoms with Crippen molar-refractivity contribution in [2.75, 3.05) is 0 Å². The average Bonchev–Trinajstić information content (AvgIpc) is 3.73. The third-order valence-corrected chi connectivity index (χ3v) is 10.6. The van der Waals surface area contributed by atoms with Crippen LogP contribution in [0.25, 0.3) is 86.9 Å². The number of aryl methyl sites for hydroxylation is 4. The summed E-state index contributed by atoms with van der Waals surface area (Å²) in [4.78, 5) is 0. The van der Waals surface area contributed by atoms with E-state index in [1.54, 1.807) is 0 Å². The molecule has 0 unspecified atom stereocenters. The molecular formula is C50H38Cl2Zr. The first-order chi connectivity index (χ1) is 24.4. The molecule has 0 fully saturated rings. The molecule has 0 aliphatic rings. The molecule has 53 heavy (non-hydrogen) atoms. The summed E-state index contributed by atoms with van der Waals surface area (Å²) in [6.07, 6.45) is 0. The van der Waals surface area contributed by atoms with Gasteiger partial charge in [-0.15, -0.1) is 68.1 Å². The molecule has 10 aromatic rings. The van der Waals surface area contributed by atoms with Crippen LogP contribution >= 0.6 is 0 Å². The first-order valence-electron chi connectivity index (χ1n) is 17.6. The van der Waals surface area contributed by atoms with Gasteiger partial charge < -0.3 is 24.8 Å². The van der Waals surface area contributed by atoms with Crippen LogP contribution in [0.2, 0.25) is 0 Å². The quantitative estimate of drug-likeness (QED) is 0.122. The van der Waals surface area contributed by atoms with Gasteiger partial charge in [-0.25, -0.2) is 0 Å². The van der Waals surface area contributed by atoms with Crippen molar-refractivity contribution in [2.24, 2.45) is 0 Å². The monoisotopic (exact) mass is 798 g/mol. The molecule has 0 amide bonds. The molecule has 0 radical (unpaired) electrons. The van der Waals surface area contributed by atoms with Crippen molar-refractivity contribution in [2.45, 2.75) is 27.7 Å². The summed E-state index contributed by atoms with van der Waals surface area (Å²) in [6, 6.07) is 58.0. The second-order valence-corrected chi connectivity index (χ2v) is 14.0. The Morgan fingerprint density at radius 1 is 0.321 bits per heavy atom. The van der Waals surface area contributed by atoms with Gasteiger partial charge >= 0.3 is 26.2 Å². The van der Waals surface area contributed by atoms with Gasteiger partial charge in [0.15, 0.2) is 0 Å². The Hall–Kier alpha value is -4.52. The molecular weight excluding hydrogens is 763 g/mol. The molecule has 0 atom stereocenters. The molecule has 0 saturated carbocycles. The molecule has 0 aromatic heterocycles. The molecule has 0 heterocycles. The van der Waals surface area contributed by atoms with E-state index >= 15 is 0 Å². The van der Waals surface area contributed by atoms with Crippen LogP contribution in [0.5, 0.6) is 0 Å². The summed E-state index contributed by atoms with van der Waals surface area (Å²) in [7, 11) is 0. The first kappa shape index (κ1) is 38.2. The van der Waals surface area contributed by atoms with Gasteiger partial charge in [0.25, 0.3) is 0 Å². The van der Waals surface area contributed by atoms with Gasteiger partial charge in [-0.2, -0.15) is 12.1 Å². The minimum Gasteiger partial charge on any atom is -1.00 e. The van der Waals surface area contributed by atoms with Gasteiger partial charge in [-0.3, -0.25) is 0 Å². The standard InChI is InChI=1S/2C25H19.2ClH.Zr/c2*1-16-12-23-17(2)10-11-22(25(23)13-16)21-9-5-8-20-14-18-6-3-4-7-19(18)15-24(20)21;;;/h2*3-15H,1-2H3;2*1H;/q2*-1;;;+4/p-2. The van der Waals surface area contributed by atoms with Gasteiger partial charge in [0.05, 0.1) is 0 Å². The Morgan fingerprint density at radius 2 is 0.660 bits per heavy atom. The zero-order chi connectivity index (χ0) is 33.9. The zero-order valence-electron chi connectivity index (χ0n) is 30.3. The topological polar surface area (TPSA) is 0 Å². The Balaban J connectivity index is 0.000000172. The normalized spacial score (nSPS) is 10.9. The summed E-state index contributed by atoms with van der Waals surface area (Å²) in [5.41, 5.74) is 10.6. The molecule has 256 valence electrons. The Bertz CT molecular complexity index is 2720. The van der Waals surface area contributed by atoms with Gasteiger partial charge in [0.1, 0.15) is 0 Å². The fourth-order valence-corrected chi connectivity index (χ4v) is 8.05. The summed E-state index contributed by atoms with van der Waals surface area (Å²) in [5.74, 6) is 0. The van der Waals surface area contributed by atoms with E-state index in [4.69, 9.17) is 0 Å². The van der Waals surface area contributed by atoms with Crippen molar-refractivity contribution in [3.8, 4) is 22.3 Å². The van der Waals surface area contributed by atoms with Crippen LogP contribution in [0.1, 0.15) is 22.3 Å². The smallest absolute Gasteiger partial charge is 1.00 e. The van der Waals surface area contributed by atoms with Gasteiger partial charge in [-0.1, -0.05) is 136 Å². The second kappa shape index (κ2) is 15.5. The SMILES string of the molecule is Cc1cc2c(-c3cccc4cc5ccccc5cc34)ccc(C)c2[cH-]1.Cc1cc2c(-c3cccc4cc5ccccc5cc34)ccc(C)c2[cH-]1.[Cl-].[Cl-].[Zr+4]. The summed E-state index contributed by atoms with van der Waals surface area (Å²) >= 11 is 0. The maximum atomic E-state index is 2.33. The minimum absolute atomic E-state index is 0. The molecule has 0 bridgehead atoms. The summed E-state index contributed by atoms with van der Waals surface area (Å²) in [6.45, 7) is 8.75. The summed E-state index contributed by atoms with van der Waals surface area (Å²) < 4.78 is 0. The van der Waals surface area contributed by atoms with E-state index < -0.39 is 0 Å². The predicted molar refractivity (Wildman–Crippen MR) is 219 cm³/mol. The molecule has 0 spiro atoms. The molecule has 0 nitrogen and oxygen atoms in total. The van der Waals surface area contributed by atoms with E-state index in [9.17, 15) is 0 Å². The number of benzene rings is 8. The van der Waals surface area contributed by atoms with Crippen LogP contribution in [0.3, 0.4) is 0 Å². The molecule has 3 heteroatoms.